The normalized spacial score (nSPS) is 17.7. The molecule has 1 heterocycles. The van der Waals surface area contributed by atoms with Crippen LogP contribution in [-0.2, 0) is 19.6 Å². The molecule has 0 atom stereocenters. The number of hydrogen-bond donors (Lipinski definition) is 1. The van der Waals surface area contributed by atoms with Gasteiger partial charge in [0, 0.05) is 19.1 Å². The Balaban J connectivity index is 2.78. The van der Waals surface area contributed by atoms with Crippen molar-refractivity contribution in [2.24, 2.45) is 0 Å². The predicted molar refractivity (Wildman–Crippen MR) is 84.6 cm³/mol. The SMILES string of the molecule is CCS(=O)(=O)N1CCC(N(CC(=O)O)C(=O)OC(C)(C)C)CC1. The second-order valence-electron chi connectivity index (χ2n) is 6.53. The van der Waals surface area contributed by atoms with Gasteiger partial charge in [-0.2, -0.15) is 0 Å². The molecule has 1 amide bonds. The van der Waals surface area contributed by atoms with Gasteiger partial charge in [-0.3, -0.25) is 9.69 Å². The zero-order chi connectivity index (χ0) is 17.8. The van der Waals surface area contributed by atoms with Crippen LogP contribution < -0.4 is 0 Å². The zero-order valence-electron chi connectivity index (χ0n) is 14.1. The number of carbonyl (C=O) groups excluding carboxylic acids is 1. The molecular weight excluding hydrogens is 324 g/mol. The number of aliphatic carboxylic acids is 1. The third-order valence-corrected chi connectivity index (χ3v) is 5.44. The van der Waals surface area contributed by atoms with Crippen molar-refractivity contribution in [3.63, 3.8) is 0 Å². The third-order valence-electron chi connectivity index (χ3n) is 3.56. The molecule has 23 heavy (non-hydrogen) atoms. The van der Waals surface area contributed by atoms with Crippen LogP contribution >= 0.6 is 0 Å². The fourth-order valence-electron chi connectivity index (χ4n) is 2.42. The monoisotopic (exact) mass is 350 g/mol. The summed E-state index contributed by atoms with van der Waals surface area (Å²) >= 11 is 0. The molecule has 1 fully saturated rings. The highest BCUT2D eigenvalue weighted by Gasteiger charge is 2.34. The lowest BCUT2D eigenvalue weighted by atomic mass is 10.1. The van der Waals surface area contributed by atoms with Gasteiger partial charge in [0.05, 0.1) is 5.75 Å². The molecule has 0 aromatic heterocycles. The molecule has 0 bridgehead atoms. The number of piperidine rings is 1. The first-order valence-electron chi connectivity index (χ1n) is 7.65. The Hall–Kier alpha value is -1.35. The van der Waals surface area contributed by atoms with Crippen LogP contribution in [0, 0.1) is 0 Å². The van der Waals surface area contributed by atoms with Gasteiger partial charge in [0.15, 0.2) is 0 Å². The number of carboxylic acids is 1. The quantitative estimate of drug-likeness (QED) is 0.797. The summed E-state index contributed by atoms with van der Waals surface area (Å²) in [5.74, 6) is -1.10. The van der Waals surface area contributed by atoms with Crippen molar-refractivity contribution >= 4 is 22.1 Å². The maximum absolute atomic E-state index is 12.2. The van der Waals surface area contributed by atoms with Crippen LogP contribution in [0.15, 0.2) is 0 Å². The van der Waals surface area contributed by atoms with E-state index in [1.54, 1.807) is 27.7 Å². The molecule has 0 aliphatic carbocycles. The van der Waals surface area contributed by atoms with Crippen molar-refractivity contribution in [1.82, 2.24) is 9.21 Å². The first kappa shape index (κ1) is 19.7. The Morgan fingerprint density at radius 3 is 2.17 bits per heavy atom. The van der Waals surface area contributed by atoms with Gasteiger partial charge in [0.1, 0.15) is 12.1 Å². The molecule has 1 aliphatic rings. The van der Waals surface area contributed by atoms with Crippen LogP contribution in [0.25, 0.3) is 0 Å². The molecule has 0 radical (unpaired) electrons. The largest absolute Gasteiger partial charge is 0.480 e. The number of amides is 1. The molecule has 1 N–H and O–H groups in total. The van der Waals surface area contributed by atoms with Crippen LogP contribution in [0.3, 0.4) is 0 Å². The van der Waals surface area contributed by atoms with Crippen molar-refractivity contribution < 1.29 is 27.9 Å². The molecule has 1 rings (SSSR count). The van der Waals surface area contributed by atoms with Gasteiger partial charge in [0.25, 0.3) is 0 Å². The molecule has 0 unspecified atom stereocenters. The molecule has 9 heteroatoms. The Morgan fingerprint density at radius 1 is 1.26 bits per heavy atom. The number of ether oxygens (including phenoxy) is 1. The average molecular weight is 350 g/mol. The Bertz CT molecular complexity index is 532. The highest BCUT2D eigenvalue weighted by atomic mass is 32.2. The Morgan fingerprint density at radius 2 is 1.78 bits per heavy atom. The van der Waals surface area contributed by atoms with E-state index in [4.69, 9.17) is 9.84 Å². The standard InChI is InChI=1S/C14H26N2O6S/c1-5-23(20,21)15-8-6-11(7-9-15)16(10-12(17)18)13(19)22-14(2,3)4/h11H,5-10H2,1-4H3,(H,17,18). The summed E-state index contributed by atoms with van der Waals surface area (Å²) in [6, 6.07) is -0.343. The predicted octanol–water partition coefficient (Wildman–Crippen LogP) is 1.12. The molecule has 0 aromatic carbocycles. The Labute approximate surface area is 137 Å². The van der Waals surface area contributed by atoms with E-state index in [0.717, 1.165) is 0 Å². The first-order valence-corrected chi connectivity index (χ1v) is 9.26. The number of carboxylic acid groups (broad SMARTS) is 1. The second-order valence-corrected chi connectivity index (χ2v) is 8.79. The van der Waals surface area contributed by atoms with Gasteiger partial charge in [-0.05, 0) is 40.5 Å². The third kappa shape index (κ3) is 5.98. The van der Waals surface area contributed by atoms with Crippen LogP contribution in [0.4, 0.5) is 4.79 Å². The summed E-state index contributed by atoms with van der Waals surface area (Å²) in [6.07, 6.45) is 0.106. The fraction of sp³-hybridized carbons (Fsp3) is 0.857. The van der Waals surface area contributed by atoms with Crippen molar-refractivity contribution in [2.75, 3.05) is 25.4 Å². The lowest BCUT2D eigenvalue weighted by molar-refractivity contribution is -0.139. The minimum atomic E-state index is -3.26. The maximum Gasteiger partial charge on any atom is 0.411 e. The van der Waals surface area contributed by atoms with Crippen molar-refractivity contribution in [3.05, 3.63) is 0 Å². The van der Waals surface area contributed by atoms with Crippen molar-refractivity contribution in [2.45, 2.75) is 52.2 Å². The molecule has 0 aromatic rings. The fourth-order valence-corrected chi connectivity index (χ4v) is 3.56. The summed E-state index contributed by atoms with van der Waals surface area (Å²) in [6.45, 7) is 6.80. The minimum Gasteiger partial charge on any atom is -0.480 e. The van der Waals surface area contributed by atoms with Gasteiger partial charge in [0.2, 0.25) is 10.0 Å². The van der Waals surface area contributed by atoms with E-state index < -0.39 is 34.2 Å². The van der Waals surface area contributed by atoms with Crippen molar-refractivity contribution in [1.29, 1.82) is 0 Å². The van der Waals surface area contributed by atoms with Crippen molar-refractivity contribution in [3.8, 4) is 0 Å². The minimum absolute atomic E-state index is 0.0303. The van der Waals surface area contributed by atoms with Gasteiger partial charge in [-0.1, -0.05) is 0 Å². The lowest BCUT2D eigenvalue weighted by Gasteiger charge is -2.37. The first-order chi connectivity index (χ1) is 10.5. The summed E-state index contributed by atoms with van der Waals surface area (Å²) in [4.78, 5) is 24.5. The molecular formula is C14H26N2O6S. The second kappa shape index (κ2) is 7.48. The molecule has 134 valence electrons. The van der Waals surface area contributed by atoms with Gasteiger partial charge < -0.3 is 9.84 Å². The summed E-state index contributed by atoms with van der Waals surface area (Å²) < 4.78 is 30.4. The molecule has 0 saturated carbocycles. The highest BCUT2D eigenvalue weighted by Crippen LogP contribution is 2.21. The van der Waals surface area contributed by atoms with E-state index >= 15 is 0 Å². The van der Waals surface area contributed by atoms with E-state index in [0.29, 0.717) is 12.8 Å². The highest BCUT2D eigenvalue weighted by molar-refractivity contribution is 7.89. The maximum atomic E-state index is 12.2. The average Bonchev–Trinajstić information content (AvgIpc) is 2.43. The van der Waals surface area contributed by atoms with Crippen LogP contribution in [0.2, 0.25) is 0 Å². The Kier molecular flexibility index (Phi) is 6.41. The number of carbonyl (C=O) groups is 2. The van der Waals surface area contributed by atoms with Gasteiger partial charge >= 0.3 is 12.1 Å². The summed E-state index contributed by atoms with van der Waals surface area (Å²) in [5, 5.41) is 9.03. The molecule has 8 nitrogen and oxygen atoms in total. The number of rotatable bonds is 5. The molecule has 0 spiro atoms. The van der Waals surface area contributed by atoms with Crippen LogP contribution in [-0.4, -0.2) is 71.8 Å². The molecule has 1 saturated heterocycles. The van der Waals surface area contributed by atoms with E-state index in [1.807, 2.05) is 0 Å². The lowest BCUT2D eigenvalue weighted by Crippen LogP contribution is -2.51. The van der Waals surface area contributed by atoms with Gasteiger partial charge in [-0.25, -0.2) is 17.5 Å². The zero-order valence-corrected chi connectivity index (χ0v) is 14.9. The number of sulfonamides is 1. The van der Waals surface area contributed by atoms with Gasteiger partial charge in [-0.15, -0.1) is 0 Å². The van der Waals surface area contributed by atoms with E-state index in [-0.39, 0.29) is 24.9 Å². The van der Waals surface area contributed by atoms with E-state index in [1.165, 1.54) is 9.21 Å². The summed E-state index contributed by atoms with van der Waals surface area (Å²) in [5.41, 5.74) is -0.722. The topological polar surface area (TPSA) is 104 Å². The van der Waals surface area contributed by atoms with Crippen LogP contribution in [0.5, 0.6) is 0 Å². The van der Waals surface area contributed by atoms with E-state index in [9.17, 15) is 18.0 Å². The number of nitrogens with zero attached hydrogens (tertiary/aromatic N) is 2. The smallest absolute Gasteiger partial charge is 0.411 e. The number of hydrogen-bond acceptors (Lipinski definition) is 5. The summed E-state index contributed by atoms with van der Waals surface area (Å²) in [7, 11) is -3.26. The van der Waals surface area contributed by atoms with E-state index in [2.05, 4.69) is 0 Å². The molecule has 1 aliphatic heterocycles. The van der Waals surface area contributed by atoms with Crippen LogP contribution in [0.1, 0.15) is 40.5 Å².